The Kier molecular flexibility index (Phi) is 4.36. The van der Waals surface area contributed by atoms with E-state index in [4.69, 9.17) is 11.6 Å². The number of benzene rings is 1. The lowest BCUT2D eigenvalue weighted by molar-refractivity contribution is -0.307. The van der Waals surface area contributed by atoms with Crippen molar-refractivity contribution >= 4 is 11.6 Å². The van der Waals surface area contributed by atoms with Crippen molar-refractivity contribution in [1.82, 2.24) is 0 Å². The molecule has 0 bridgehead atoms. The van der Waals surface area contributed by atoms with Gasteiger partial charge in [-0.15, -0.1) is 0 Å². The van der Waals surface area contributed by atoms with Crippen LogP contribution in [0.2, 0.25) is 5.02 Å². The van der Waals surface area contributed by atoms with E-state index in [0.29, 0.717) is 12.1 Å². The minimum Gasteiger partial charge on any atom is -0.387 e. The molecule has 1 rings (SSSR count). The highest BCUT2D eigenvalue weighted by Crippen LogP contribution is 2.46. The van der Waals surface area contributed by atoms with Crippen LogP contribution in [-0.2, 0) is 0 Å². The number of aliphatic hydroxyl groups is 1. The Morgan fingerprint density at radius 1 is 1.00 bits per heavy atom. The third-order valence-electron chi connectivity index (χ3n) is 2.30. The summed E-state index contributed by atoms with van der Waals surface area (Å²) in [7, 11) is 0. The number of rotatable bonds is 2. The van der Waals surface area contributed by atoms with Crippen molar-refractivity contribution in [2.24, 2.45) is 5.92 Å². The molecule has 0 heterocycles. The molecule has 0 aliphatic rings. The van der Waals surface area contributed by atoms with Gasteiger partial charge in [-0.25, -0.2) is 4.39 Å². The van der Waals surface area contributed by atoms with E-state index in [2.05, 4.69) is 0 Å². The fourth-order valence-corrected chi connectivity index (χ4v) is 1.62. The monoisotopic (exact) mass is 310 g/mol. The summed E-state index contributed by atoms with van der Waals surface area (Å²) in [6.45, 7) is 0. The van der Waals surface area contributed by atoms with Crippen LogP contribution in [0.3, 0.4) is 0 Å². The van der Waals surface area contributed by atoms with Crippen molar-refractivity contribution in [2.45, 2.75) is 18.5 Å². The summed E-state index contributed by atoms with van der Waals surface area (Å²) >= 11 is 5.31. The van der Waals surface area contributed by atoms with E-state index in [1.165, 1.54) is 0 Å². The molecule has 108 valence electrons. The average Bonchev–Trinajstić information content (AvgIpc) is 2.11. The summed E-state index contributed by atoms with van der Waals surface area (Å²) in [6.07, 6.45) is -14.6. The van der Waals surface area contributed by atoms with Crippen LogP contribution in [0.25, 0.3) is 0 Å². The summed E-state index contributed by atoms with van der Waals surface area (Å²) in [6, 6.07) is 1.98. The zero-order chi connectivity index (χ0) is 15.0. The van der Waals surface area contributed by atoms with Gasteiger partial charge in [0, 0.05) is 10.6 Å². The molecule has 0 radical (unpaired) electrons. The lowest BCUT2D eigenvalue weighted by Gasteiger charge is -2.27. The molecule has 1 nitrogen and oxygen atoms in total. The Morgan fingerprint density at radius 2 is 1.47 bits per heavy atom. The van der Waals surface area contributed by atoms with Crippen LogP contribution >= 0.6 is 11.6 Å². The highest BCUT2D eigenvalue weighted by molar-refractivity contribution is 6.30. The minimum absolute atomic E-state index is 0.219. The van der Waals surface area contributed by atoms with E-state index in [0.717, 1.165) is 6.07 Å². The maximum Gasteiger partial charge on any atom is 0.403 e. The van der Waals surface area contributed by atoms with Gasteiger partial charge in [-0.1, -0.05) is 17.7 Å². The molecule has 19 heavy (non-hydrogen) atoms. The van der Waals surface area contributed by atoms with Crippen LogP contribution in [0.5, 0.6) is 0 Å². The predicted molar refractivity (Wildman–Crippen MR) is 52.0 cm³/mol. The fourth-order valence-electron chi connectivity index (χ4n) is 1.46. The number of hydrogen-bond donors (Lipinski definition) is 1. The first-order valence-corrected chi connectivity index (χ1v) is 5.09. The third-order valence-corrected chi connectivity index (χ3v) is 2.54. The second-order valence-corrected chi connectivity index (χ2v) is 4.11. The maximum absolute atomic E-state index is 13.3. The summed E-state index contributed by atoms with van der Waals surface area (Å²) < 4.78 is 87.3. The van der Waals surface area contributed by atoms with E-state index >= 15 is 0 Å². The van der Waals surface area contributed by atoms with Crippen LogP contribution in [0.4, 0.5) is 30.7 Å². The van der Waals surface area contributed by atoms with E-state index in [9.17, 15) is 35.8 Å². The standard InChI is InChI=1S/C10H6ClF7O/c11-4-1-2-5(6(12)3-4)7(19)8(9(13,14)15)10(16,17)18/h1-3,7-8,19H. The number of alkyl halides is 6. The molecular weight excluding hydrogens is 305 g/mol. The first kappa shape index (κ1) is 16.0. The Balaban J connectivity index is 3.24. The molecule has 1 unspecified atom stereocenters. The summed E-state index contributed by atoms with van der Waals surface area (Å²) in [5.41, 5.74) is -1.12. The van der Waals surface area contributed by atoms with Crippen LogP contribution in [0.1, 0.15) is 11.7 Å². The van der Waals surface area contributed by atoms with Gasteiger partial charge in [-0.2, -0.15) is 26.3 Å². The van der Waals surface area contributed by atoms with Crippen LogP contribution in [0.15, 0.2) is 18.2 Å². The van der Waals surface area contributed by atoms with Crippen LogP contribution in [0, 0.1) is 11.7 Å². The topological polar surface area (TPSA) is 20.2 Å². The summed E-state index contributed by atoms with van der Waals surface area (Å²) in [4.78, 5) is 0. The van der Waals surface area contributed by atoms with Crippen molar-refractivity contribution in [3.63, 3.8) is 0 Å². The molecule has 0 aliphatic heterocycles. The lowest BCUT2D eigenvalue weighted by Crippen LogP contribution is -2.41. The van der Waals surface area contributed by atoms with Gasteiger partial charge in [0.05, 0.1) is 0 Å². The SMILES string of the molecule is OC(c1ccc(Cl)cc1F)C(C(F)(F)F)C(F)(F)F. The predicted octanol–water partition coefficient (Wildman–Crippen LogP) is 4.25. The summed E-state index contributed by atoms with van der Waals surface area (Å²) in [5.74, 6) is -5.52. The molecule has 0 aliphatic carbocycles. The quantitative estimate of drug-likeness (QED) is 0.810. The average molecular weight is 311 g/mol. The molecule has 0 saturated carbocycles. The molecule has 0 spiro atoms. The molecule has 0 aromatic heterocycles. The normalized spacial score (nSPS) is 14.8. The first-order chi connectivity index (χ1) is 8.44. The zero-order valence-corrected chi connectivity index (χ0v) is 9.61. The van der Waals surface area contributed by atoms with Gasteiger partial charge in [0.1, 0.15) is 11.9 Å². The van der Waals surface area contributed by atoms with Gasteiger partial charge < -0.3 is 5.11 Å². The van der Waals surface area contributed by atoms with Gasteiger partial charge in [0.15, 0.2) is 5.92 Å². The van der Waals surface area contributed by atoms with Crippen molar-refractivity contribution < 1.29 is 35.8 Å². The van der Waals surface area contributed by atoms with Crippen molar-refractivity contribution in [1.29, 1.82) is 0 Å². The van der Waals surface area contributed by atoms with Crippen molar-refractivity contribution in [3.8, 4) is 0 Å². The molecule has 1 atom stereocenters. The highest BCUT2D eigenvalue weighted by Gasteiger charge is 2.60. The largest absolute Gasteiger partial charge is 0.403 e. The Hall–Kier alpha value is -1.02. The van der Waals surface area contributed by atoms with E-state index in [1.807, 2.05) is 0 Å². The van der Waals surface area contributed by atoms with Crippen molar-refractivity contribution in [2.75, 3.05) is 0 Å². The van der Waals surface area contributed by atoms with Gasteiger partial charge in [-0.05, 0) is 12.1 Å². The van der Waals surface area contributed by atoms with Gasteiger partial charge in [0.2, 0.25) is 0 Å². The molecule has 9 heteroatoms. The number of hydrogen-bond acceptors (Lipinski definition) is 1. The summed E-state index contributed by atoms with van der Waals surface area (Å²) in [5, 5.41) is 8.98. The maximum atomic E-state index is 13.3. The highest BCUT2D eigenvalue weighted by atomic mass is 35.5. The molecule has 0 amide bonds. The van der Waals surface area contributed by atoms with Crippen LogP contribution < -0.4 is 0 Å². The second-order valence-electron chi connectivity index (χ2n) is 3.67. The Morgan fingerprint density at radius 3 is 1.84 bits per heavy atom. The smallest absolute Gasteiger partial charge is 0.387 e. The van der Waals surface area contributed by atoms with E-state index in [-0.39, 0.29) is 5.02 Å². The van der Waals surface area contributed by atoms with Gasteiger partial charge >= 0.3 is 12.4 Å². The Bertz CT molecular complexity index is 440. The molecule has 1 N–H and O–H groups in total. The van der Waals surface area contributed by atoms with E-state index < -0.39 is 35.8 Å². The molecule has 0 saturated heterocycles. The number of halogens is 8. The van der Waals surface area contributed by atoms with Gasteiger partial charge in [0.25, 0.3) is 0 Å². The molecule has 0 fully saturated rings. The lowest BCUT2D eigenvalue weighted by atomic mass is 9.94. The van der Waals surface area contributed by atoms with Crippen molar-refractivity contribution in [3.05, 3.63) is 34.6 Å². The zero-order valence-electron chi connectivity index (χ0n) is 8.86. The molecular formula is C10H6ClF7O. The fraction of sp³-hybridized carbons (Fsp3) is 0.400. The van der Waals surface area contributed by atoms with Gasteiger partial charge in [-0.3, -0.25) is 0 Å². The molecule has 1 aromatic rings. The second kappa shape index (κ2) is 5.16. The van der Waals surface area contributed by atoms with Crippen LogP contribution in [-0.4, -0.2) is 17.5 Å². The number of aliphatic hydroxyl groups excluding tert-OH is 1. The molecule has 1 aromatic carbocycles. The third kappa shape index (κ3) is 3.73. The van der Waals surface area contributed by atoms with E-state index in [1.54, 1.807) is 0 Å². The minimum atomic E-state index is -5.76. The Labute approximate surface area is 107 Å². The first-order valence-electron chi connectivity index (χ1n) is 4.71.